The van der Waals surface area contributed by atoms with Crippen LogP contribution in [0.2, 0.25) is 0 Å². The van der Waals surface area contributed by atoms with E-state index >= 15 is 0 Å². The van der Waals surface area contributed by atoms with Gasteiger partial charge in [0.2, 0.25) is 11.8 Å². The number of carbonyl (C=O) groups is 2. The van der Waals surface area contributed by atoms with Crippen LogP contribution in [-0.2, 0) is 22.6 Å². The van der Waals surface area contributed by atoms with Crippen LogP contribution in [0.15, 0.2) is 67.1 Å². The summed E-state index contributed by atoms with van der Waals surface area (Å²) in [6, 6.07) is 18.4. The van der Waals surface area contributed by atoms with Gasteiger partial charge in [-0.05, 0) is 36.2 Å². The van der Waals surface area contributed by atoms with Gasteiger partial charge in [-0.2, -0.15) is 5.26 Å². The molecule has 30 heavy (non-hydrogen) atoms. The van der Waals surface area contributed by atoms with Crippen molar-refractivity contribution in [1.29, 1.82) is 5.26 Å². The SMILES string of the molecule is N#Cc1ccc(Cn2cncc2CC(=O)N[C@H]2CCN(c3ccccc3)C2=O)cc1. The Morgan fingerprint density at radius 1 is 1.17 bits per heavy atom. The average Bonchev–Trinajstić information content (AvgIpc) is 3.35. The van der Waals surface area contributed by atoms with Gasteiger partial charge in [-0.25, -0.2) is 4.98 Å². The molecule has 1 aliphatic rings. The van der Waals surface area contributed by atoms with E-state index < -0.39 is 6.04 Å². The molecule has 7 nitrogen and oxygen atoms in total. The predicted molar refractivity (Wildman–Crippen MR) is 112 cm³/mol. The first-order valence-corrected chi connectivity index (χ1v) is 9.78. The van der Waals surface area contributed by atoms with Crippen molar-refractivity contribution >= 4 is 17.5 Å². The highest BCUT2D eigenvalue weighted by atomic mass is 16.2. The largest absolute Gasteiger partial charge is 0.344 e. The molecular weight excluding hydrogens is 378 g/mol. The zero-order chi connectivity index (χ0) is 20.9. The van der Waals surface area contributed by atoms with Crippen LogP contribution in [0, 0.1) is 11.3 Å². The third kappa shape index (κ3) is 4.23. The standard InChI is InChI=1S/C23H21N5O2/c24-13-17-6-8-18(9-7-17)15-27-16-25-14-20(27)12-22(29)26-21-10-11-28(23(21)30)19-4-2-1-3-5-19/h1-9,14,16,21H,10-12,15H2,(H,26,29)/t21-/m0/s1. The van der Waals surface area contributed by atoms with E-state index in [1.54, 1.807) is 29.6 Å². The van der Waals surface area contributed by atoms with Crippen molar-refractivity contribution in [3.63, 3.8) is 0 Å². The minimum atomic E-state index is -0.507. The number of rotatable bonds is 6. The number of anilines is 1. The lowest BCUT2D eigenvalue weighted by atomic mass is 10.1. The van der Waals surface area contributed by atoms with E-state index in [-0.39, 0.29) is 18.2 Å². The number of benzene rings is 2. The fraction of sp³-hybridized carbons (Fsp3) is 0.217. The molecule has 150 valence electrons. The van der Waals surface area contributed by atoms with Crippen LogP contribution in [0.3, 0.4) is 0 Å². The molecule has 0 aliphatic carbocycles. The quantitative estimate of drug-likeness (QED) is 0.688. The average molecular weight is 399 g/mol. The molecule has 2 aromatic carbocycles. The van der Waals surface area contributed by atoms with Crippen LogP contribution >= 0.6 is 0 Å². The molecule has 1 aliphatic heterocycles. The molecule has 2 amide bonds. The molecule has 1 aromatic heterocycles. The second kappa shape index (κ2) is 8.62. The second-order valence-electron chi connectivity index (χ2n) is 7.23. The van der Waals surface area contributed by atoms with Crippen LogP contribution < -0.4 is 10.2 Å². The highest BCUT2D eigenvalue weighted by molar-refractivity contribution is 6.01. The predicted octanol–water partition coefficient (Wildman–Crippen LogP) is 2.27. The minimum absolute atomic E-state index is 0.0827. The van der Waals surface area contributed by atoms with Crippen molar-refractivity contribution in [2.24, 2.45) is 0 Å². The van der Waals surface area contributed by atoms with Gasteiger partial charge >= 0.3 is 0 Å². The lowest BCUT2D eigenvalue weighted by Gasteiger charge is -2.17. The smallest absolute Gasteiger partial charge is 0.249 e. The zero-order valence-corrected chi connectivity index (χ0v) is 16.4. The summed E-state index contributed by atoms with van der Waals surface area (Å²) in [6.45, 7) is 1.14. The van der Waals surface area contributed by atoms with E-state index in [0.717, 1.165) is 16.9 Å². The molecule has 1 N–H and O–H groups in total. The maximum atomic E-state index is 12.7. The van der Waals surface area contributed by atoms with Crippen molar-refractivity contribution in [2.75, 3.05) is 11.4 Å². The zero-order valence-electron chi connectivity index (χ0n) is 16.4. The Morgan fingerprint density at radius 2 is 1.93 bits per heavy atom. The minimum Gasteiger partial charge on any atom is -0.344 e. The molecule has 7 heteroatoms. The van der Waals surface area contributed by atoms with E-state index in [1.165, 1.54) is 0 Å². The Bertz CT molecular complexity index is 1080. The number of imidazole rings is 1. The third-order valence-electron chi connectivity index (χ3n) is 5.18. The summed E-state index contributed by atoms with van der Waals surface area (Å²) in [5.74, 6) is -0.287. The van der Waals surface area contributed by atoms with E-state index in [9.17, 15) is 9.59 Å². The van der Waals surface area contributed by atoms with Crippen LogP contribution in [-0.4, -0.2) is 34.0 Å². The molecule has 0 radical (unpaired) electrons. The first-order chi connectivity index (χ1) is 14.6. The summed E-state index contributed by atoms with van der Waals surface area (Å²) < 4.78 is 1.90. The Balaban J connectivity index is 1.36. The van der Waals surface area contributed by atoms with Gasteiger partial charge in [0, 0.05) is 30.7 Å². The molecular formula is C23H21N5O2. The number of carbonyl (C=O) groups excluding carboxylic acids is 2. The Morgan fingerprint density at radius 3 is 2.67 bits per heavy atom. The maximum Gasteiger partial charge on any atom is 0.249 e. The molecule has 0 spiro atoms. The second-order valence-corrected chi connectivity index (χ2v) is 7.23. The van der Waals surface area contributed by atoms with E-state index in [2.05, 4.69) is 16.4 Å². The van der Waals surface area contributed by atoms with Crippen molar-refractivity contribution < 1.29 is 9.59 Å². The molecule has 0 saturated carbocycles. The lowest BCUT2D eigenvalue weighted by Crippen LogP contribution is -2.42. The van der Waals surface area contributed by atoms with Gasteiger partial charge in [-0.3, -0.25) is 9.59 Å². The number of amides is 2. The Kier molecular flexibility index (Phi) is 5.57. The first kappa shape index (κ1) is 19.4. The number of hydrogen-bond acceptors (Lipinski definition) is 4. The van der Waals surface area contributed by atoms with E-state index in [0.29, 0.717) is 25.1 Å². The molecule has 1 atom stereocenters. The molecule has 2 heterocycles. The van der Waals surface area contributed by atoms with Gasteiger partial charge in [0.05, 0.1) is 24.4 Å². The topological polar surface area (TPSA) is 91.0 Å². The summed E-state index contributed by atoms with van der Waals surface area (Å²) in [7, 11) is 0. The van der Waals surface area contributed by atoms with Crippen molar-refractivity contribution in [2.45, 2.75) is 25.4 Å². The molecule has 0 bridgehead atoms. The number of aromatic nitrogens is 2. The van der Waals surface area contributed by atoms with Crippen molar-refractivity contribution in [3.8, 4) is 6.07 Å². The number of hydrogen-bond donors (Lipinski definition) is 1. The van der Waals surface area contributed by atoms with Gasteiger partial charge in [0.1, 0.15) is 6.04 Å². The lowest BCUT2D eigenvalue weighted by molar-refractivity contribution is -0.126. The number of nitrogens with one attached hydrogen (secondary N) is 1. The highest BCUT2D eigenvalue weighted by Crippen LogP contribution is 2.21. The van der Waals surface area contributed by atoms with E-state index in [1.807, 2.05) is 47.0 Å². The molecule has 0 unspecified atom stereocenters. The summed E-state index contributed by atoms with van der Waals surface area (Å²) in [5, 5.41) is 11.8. The van der Waals surface area contributed by atoms with Gasteiger partial charge in [-0.15, -0.1) is 0 Å². The van der Waals surface area contributed by atoms with Crippen LogP contribution in [0.5, 0.6) is 0 Å². The molecule has 1 fully saturated rings. The number of nitriles is 1. The number of para-hydroxylation sites is 1. The summed E-state index contributed by atoms with van der Waals surface area (Å²) in [5.41, 5.74) is 3.23. The molecule has 3 aromatic rings. The fourth-order valence-corrected chi connectivity index (χ4v) is 3.61. The van der Waals surface area contributed by atoms with Crippen LogP contribution in [0.1, 0.15) is 23.2 Å². The molecule has 4 rings (SSSR count). The summed E-state index contributed by atoms with van der Waals surface area (Å²) in [4.78, 5) is 31.1. The van der Waals surface area contributed by atoms with Gasteiger partial charge in [0.25, 0.3) is 0 Å². The normalized spacial score (nSPS) is 15.8. The van der Waals surface area contributed by atoms with Gasteiger partial charge in [-0.1, -0.05) is 30.3 Å². The Labute approximate surface area is 174 Å². The van der Waals surface area contributed by atoms with E-state index in [4.69, 9.17) is 5.26 Å². The fourth-order valence-electron chi connectivity index (χ4n) is 3.61. The highest BCUT2D eigenvalue weighted by Gasteiger charge is 2.33. The van der Waals surface area contributed by atoms with Crippen LogP contribution in [0.25, 0.3) is 0 Å². The summed E-state index contributed by atoms with van der Waals surface area (Å²) in [6.07, 6.45) is 4.07. The maximum absolute atomic E-state index is 12.7. The summed E-state index contributed by atoms with van der Waals surface area (Å²) >= 11 is 0. The Hall–Kier alpha value is -3.92. The number of nitrogens with zero attached hydrogens (tertiary/aromatic N) is 4. The van der Waals surface area contributed by atoms with Crippen molar-refractivity contribution in [1.82, 2.24) is 14.9 Å². The van der Waals surface area contributed by atoms with Gasteiger partial charge < -0.3 is 14.8 Å². The van der Waals surface area contributed by atoms with Crippen molar-refractivity contribution in [3.05, 3.63) is 83.9 Å². The van der Waals surface area contributed by atoms with Gasteiger partial charge in [0.15, 0.2) is 0 Å². The third-order valence-corrected chi connectivity index (χ3v) is 5.18. The monoisotopic (exact) mass is 399 g/mol. The molecule has 1 saturated heterocycles. The van der Waals surface area contributed by atoms with Crippen LogP contribution in [0.4, 0.5) is 5.69 Å². The first-order valence-electron chi connectivity index (χ1n) is 9.78.